The van der Waals surface area contributed by atoms with Crippen molar-refractivity contribution in [2.24, 2.45) is 5.92 Å². The molecule has 2 heterocycles. The number of carbonyl (C=O) groups excluding carboxylic acids is 2. The number of aryl methyl sites for hydroxylation is 1. The van der Waals surface area contributed by atoms with Gasteiger partial charge in [-0.15, -0.1) is 0 Å². The molecule has 6 heteroatoms. The zero-order chi connectivity index (χ0) is 21.5. The van der Waals surface area contributed by atoms with Crippen molar-refractivity contribution >= 4 is 23.2 Å². The lowest BCUT2D eigenvalue weighted by molar-refractivity contribution is -0.126. The molecule has 6 nitrogen and oxygen atoms in total. The third-order valence-corrected chi connectivity index (χ3v) is 5.88. The summed E-state index contributed by atoms with van der Waals surface area (Å²) in [5.41, 5.74) is 3.38. The van der Waals surface area contributed by atoms with Gasteiger partial charge in [0.05, 0.1) is 24.5 Å². The molecular weight excluding hydrogens is 392 g/mol. The fraction of sp³-hybridized carbons (Fsp3) is 0.200. The lowest BCUT2D eigenvalue weighted by Gasteiger charge is -2.28. The van der Waals surface area contributed by atoms with Gasteiger partial charge in [-0.3, -0.25) is 14.4 Å². The van der Waals surface area contributed by atoms with Crippen LogP contribution in [0.15, 0.2) is 78.9 Å². The molecule has 31 heavy (non-hydrogen) atoms. The number of hydrogen-bond donors (Lipinski definition) is 0. The highest BCUT2D eigenvalue weighted by molar-refractivity contribution is 6.23. The van der Waals surface area contributed by atoms with E-state index in [9.17, 15) is 9.59 Å². The number of benzene rings is 3. The van der Waals surface area contributed by atoms with E-state index in [-0.39, 0.29) is 11.8 Å². The molecule has 0 saturated carbocycles. The summed E-state index contributed by atoms with van der Waals surface area (Å²) < 4.78 is 5.19. The summed E-state index contributed by atoms with van der Waals surface area (Å²) in [5, 5.41) is 1.71. The number of ether oxygens (including phenoxy) is 1. The molecule has 156 valence electrons. The number of para-hydroxylation sites is 1. The van der Waals surface area contributed by atoms with E-state index in [1.807, 2.05) is 61.5 Å². The van der Waals surface area contributed by atoms with Crippen LogP contribution in [0.3, 0.4) is 0 Å². The maximum absolute atomic E-state index is 13.5. The maximum atomic E-state index is 13.5. The summed E-state index contributed by atoms with van der Waals surface area (Å²) in [6.45, 7) is 2.02. The van der Waals surface area contributed by atoms with Crippen molar-refractivity contribution in [3.63, 3.8) is 0 Å². The Morgan fingerprint density at radius 2 is 1.48 bits per heavy atom. The molecule has 2 fully saturated rings. The fourth-order valence-electron chi connectivity index (χ4n) is 4.30. The van der Waals surface area contributed by atoms with Gasteiger partial charge in [-0.1, -0.05) is 48.0 Å². The normalized spacial score (nSPS) is 22.7. The molecule has 2 amide bonds. The van der Waals surface area contributed by atoms with E-state index in [0.29, 0.717) is 11.4 Å². The van der Waals surface area contributed by atoms with E-state index < -0.39 is 18.1 Å². The zero-order valence-corrected chi connectivity index (χ0v) is 17.3. The molecule has 5 rings (SSSR count). The average molecular weight is 414 g/mol. The first-order valence-electron chi connectivity index (χ1n) is 10.2. The Balaban J connectivity index is 1.56. The third kappa shape index (κ3) is 3.16. The van der Waals surface area contributed by atoms with Crippen molar-refractivity contribution in [2.75, 3.05) is 17.1 Å². The van der Waals surface area contributed by atoms with Crippen molar-refractivity contribution in [1.29, 1.82) is 0 Å². The summed E-state index contributed by atoms with van der Waals surface area (Å²) in [6.07, 6.45) is -0.874. The highest BCUT2D eigenvalue weighted by Gasteiger charge is 2.60. The molecule has 0 aliphatic carbocycles. The number of fused-ring (bicyclic) bond motifs is 1. The second-order valence-electron chi connectivity index (χ2n) is 7.78. The summed E-state index contributed by atoms with van der Waals surface area (Å²) in [5.74, 6) is -0.593. The molecule has 3 aromatic carbocycles. The molecule has 3 atom stereocenters. The molecule has 0 bridgehead atoms. The number of hydrogen-bond acceptors (Lipinski definition) is 5. The van der Waals surface area contributed by atoms with Crippen LogP contribution in [0.2, 0.25) is 0 Å². The summed E-state index contributed by atoms with van der Waals surface area (Å²) in [7, 11) is 1.57. The summed E-state index contributed by atoms with van der Waals surface area (Å²) in [6, 6.07) is 24.1. The molecule has 0 N–H and O–H groups in total. The quantitative estimate of drug-likeness (QED) is 0.603. The maximum Gasteiger partial charge on any atom is 0.266 e. The predicted molar refractivity (Wildman–Crippen MR) is 117 cm³/mol. The molecule has 3 aromatic rings. The van der Waals surface area contributed by atoms with Gasteiger partial charge in [-0.2, -0.15) is 0 Å². The number of nitrogens with zero attached hydrogens (tertiary/aromatic N) is 2. The van der Waals surface area contributed by atoms with Gasteiger partial charge in [0.15, 0.2) is 6.10 Å². The molecular formula is C25H22N2O4. The van der Waals surface area contributed by atoms with Gasteiger partial charge in [-0.25, -0.2) is 9.96 Å². The van der Waals surface area contributed by atoms with Crippen LogP contribution in [0.25, 0.3) is 0 Å². The summed E-state index contributed by atoms with van der Waals surface area (Å²) in [4.78, 5) is 34.2. The van der Waals surface area contributed by atoms with E-state index in [4.69, 9.17) is 9.57 Å². The minimum absolute atomic E-state index is 0.260. The van der Waals surface area contributed by atoms with E-state index in [1.165, 1.54) is 4.90 Å². The molecule has 2 saturated heterocycles. The highest BCUT2D eigenvalue weighted by atomic mass is 16.7. The van der Waals surface area contributed by atoms with Crippen molar-refractivity contribution in [1.82, 2.24) is 0 Å². The zero-order valence-electron chi connectivity index (χ0n) is 17.3. The van der Waals surface area contributed by atoms with Gasteiger partial charge in [0.2, 0.25) is 5.91 Å². The van der Waals surface area contributed by atoms with Crippen molar-refractivity contribution in [3.05, 3.63) is 90.0 Å². The topological polar surface area (TPSA) is 59.1 Å². The van der Waals surface area contributed by atoms with Crippen molar-refractivity contribution in [3.8, 4) is 5.75 Å². The van der Waals surface area contributed by atoms with Crippen molar-refractivity contribution in [2.45, 2.75) is 19.1 Å². The van der Waals surface area contributed by atoms with E-state index in [1.54, 1.807) is 36.4 Å². The number of anilines is 2. The Morgan fingerprint density at radius 3 is 2.13 bits per heavy atom. The molecule has 0 radical (unpaired) electrons. The predicted octanol–water partition coefficient (Wildman–Crippen LogP) is 4.05. The van der Waals surface area contributed by atoms with Gasteiger partial charge >= 0.3 is 0 Å². The number of methoxy groups -OCH3 is 1. The Kier molecular flexibility index (Phi) is 4.71. The Labute approximate surface area is 180 Å². The largest absolute Gasteiger partial charge is 0.497 e. The monoisotopic (exact) mass is 414 g/mol. The third-order valence-electron chi connectivity index (χ3n) is 5.88. The molecule has 0 spiro atoms. The second-order valence-corrected chi connectivity index (χ2v) is 7.78. The van der Waals surface area contributed by atoms with Crippen molar-refractivity contribution < 1.29 is 19.2 Å². The van der Waals surface area contributed by atoms with Crippen LogP contribution < -0.4 is 14.7 Å². The van der Waals surface area contributed by atoms with E-state index in [2.05, 4.69) is 0 Å². The van der Waals surface area contributed by atoms with Crippen LogP contribution >= 0.6 is 0 Å². The van der Waals surface area contributed by atoms with Gasteiger partial charge in [0.1, 0.15) is 11.7 Å². The average Bonchev–Trinajstić information content (AvgIpc) is 3.31. The Hall–Kier alpha value is -3.64. The van der Waals surface area contributed by atoms with Gasteiger partial charge in [0.25, 0.3) is 5.91 Å². The Bertz CT molecular complexity index is 1110. The van der Waals surface area contributed by atoms with Crippen LogP contribution in [0.5, 0.6) is 5.75 Å². The minimum atomic E-state index is -0.874. The van der Waals surface area contributed by atoms with E-state index in [0.717, 1.165) is 16.8 Å². The van der Waals surface area contributed by atoms with Crippen LogP contribution in [0.1, 0.15) is 17.2 Å². The standard InChI is InChI=1S/C25H22N2O4/c1-16-8-10-17(11-9-16)22-21-23(31-27(22)19-6-4-3-5-7-19)25(29)26(24(21)28)18-12-14-20(30-2)15-13-18/h3-15,21-23H,1-2H3/t21-,22+,23-/m1/s1. The first-order chi connectivity index (χ1) is 15.1. The van der Waals surface area contributed by atoms with Crippen LogP contribution in [0.4, 0.5) is 11.4 Å². The number of amides is 2. The highest BCUT2D eigenvalue weighted by Crippen LogP contribution is 2.47. The minimum Gasteiger partial charge on any atom is -0.497 e. The molecule has 0 aromatic heterocycles. The molecule has 0 unspecified atom stereocenters. The summed E-state index contributed by atoms with van der Waals surface area (Å²) >= 11 is 0. The van der Waals surface area contributed by atoms with Crippen LogP contribution in [-0.4, -0.2) is 25.0 Å². The SMILES string of the molecule is COc1ccc(N2C(=O)[C@H]3[C@@H](ON(c4ccccc4)[C@H]3c3ccc(C)cc3)C2=O)cc1. The van der Waals surface area contributed by atoms with Crippen LogP contribution in [-0.2, 0) is 14.4 Å². The van der Waals surface area contributed by atoms with Gasteiger partial charge in [-0.05, 0) is 48.9 Å². The molecule has 2 aliphatic rings. The Morgan fingerprint density at radius 1 is 0.806 bits per heavy atom. The number of imide groups is 1. The second kappa shape index (κ2) is 7.56. The lowest BCUT2D eigenvalue weighted by atomic mass is 9.90. The smallest absolute Gasteiger partial charge is 0.266 e. The molecule has 2 aliphatic heterocycles. The fourth-order valence-corrected chi connectivity index (χ4v) is 4.30. The number of rotatable bonds is 4. The first kappa shape index (κ1) is 19.3. The number of hydroxylamine groups is 1. The lowest BCUT2D eigenvalue weighted by Crippen LogP contribution is -2.37. The first-order valence-corrected chi connectivity index (χ1v) is 10.2. The van der Waals surface area contributed by atoms with E-state index >= 15 is 0 Å². The van der Waals surface area contributed by atoms with Gasteiger partial charge < -0.3 is 4.74 Å². The van der Waals surface area contributed by atoms with Crippen LogP contribution in [0, 0.1) is 12.8 Å². The van der Waals surface area contributed by atoms with Gasteiger partial charge in [0, 0.05) is 0 Å². The number of carbonyl (C=O) groups is 2.